The van der Waals surface area contributed by atoms with Crippen LogP contribution in [0.2, 0.25) is 0 Å². The van der Waals surface area contributed by atoms with Crippen molar-refractivity contribution in [1.29, 1.82) is 0 Å². The first-order valence-electron chi connectivity index (χ1n) is 10.9. The molecule has 2 heterocycles. The lowest BCUT2D eigenvalue weighted by molar-refractivity contribution is -0.917. The molecule has 2 fully saturated rings. The summed E-state index contributed by atoms with van der Waals surface area (Å²) >= 11 is 0. The highest BCUT2D eigenvalue weighted by Gasteiger charge is 2.24. The van der Waals surface area contributed by atoms with Crippen molar-refractivity contribution in [3.8, 4) is 0 Å². The topological polar surface area (TPSA) is 74.2 Å². The van der Waals surface area contributed by atoms with Gasteiger partial charge in [-0.15, -0.1) is 0 Å². The Labute approximate surface area is 182 Å². The Bertz CT molecular complexity index is 922. The Balaban J connectivity index is 1.21. The summed E-state index contributed by atoms with van der Waals surface area (Å²) < 4.78 is 0. The molecule has 2 aliphatic heterocycles. The van der Waals surface area contributed by atoms with Crippen LogP contribution in [0, 0.1) is 0 Å². The Morgan fingerprint density at radius 1 is 0.935 bits per heavy atom. The van der Waals surface area contributed by atoms with Gasteiger partial charge in [0, 0.05) is 29.8 Å². The Morgan fingerprint density at radius 3 is 2.29 bits per heavy atom. The van der Waals surface area contributed by atoms with Crippen molar-refractivity contribution in [3.63, 3.8) is 0 Å². The molecule has 2 saturated heterocycles. The number of hydrogen-bond acceptors (Lipinski definition) is 3. The summed E-state index contributed by atoms with van der Waals surface area (Å²) in [6.07, 6.45) is 1.44. The highest BCUT2D eigenvalue weighted by molar-refractivity contribution is 5.98. The van der Waals surface area contributed by atoms with E-state index in [9.17, 15) is 14.4 Å². The average Bonchev–Trinajstić information content (AvgIpc) is 3.24. The summed E-state index contributed by atoms with van der Waals surface area (Å²) in [7, 11) is 0. The molecule has 0 unspecified atom stereocenters. The summed E-state index contributed by atoms with van der Waals surface area (Å²) in [6, 6.07) is 17.4. The van der Waals surface area contributed by atoms with Crippen molar-refractivity contribution in [1.82, 2.24) is 10.2 Å². The molecular weight excluding hydrogens is 392 g/mol. The van der Waals surface area contributed by atoms with Gasteiger partial charge in [0.15, 0.2) is 0 Å². The second-order valence-electron chi connectivity index (χ2n) is 8.17. The maximum Gasteiger partial charge on any atom is 0.251 e. The number of nitrogens with zero attached hydrogens (tertiary/aromatic N) is 2. The molecule has 2 aromatic rings. The summed E-state index contributed by atoms with van der Waals surface area (Å²) in [6.45, 7) is 4.92. The highest BCUT2D eigenvalue weighted by Crippen LogP contribution is 2.21. The van der Waals surface area contributed by atoms with Crippen LogP contribution in [-0.4, -0.2) is 61.9 Å². The second-order valence-corrected chi connectivity index (χ2v) is 8.17. The summed E-state index contributed by atoms with van der Waals surface area (Å²) in [4.78, 5) is 41.8. The summed E-state index contributed by atoms with van der Waals surface area (Å²) in [5, 5.41) is 2.73. The van der Waals surface area contributed by atoms with E-state index in [2.05, 4.69) is 29.6 Å². The quantitative estimate of drug-likeness (QED) is 0.712. The predicted octanol–water partition coefficient (Wildman–Crippen LogP) is 0.471. The third-order valence-corrected chi connectivity index (χ3v) is 6.03. The van der Waals surface area contributed by atoms with Gasteiger partial charge < -0.3 is 20.0 Å². The Hall–Kier alpha value is -3.19. The van der Waals surface area contributed by atoms with Gasteiger partial charge in [0.05, 0.1) is 32.7 Å². The summed E-state index contributed by atoms with van der Waals surface area (Å²) in [5.74, 6) is -0.208. The fourth-order valence-corrected chi connectivity index (χ4v) is 4.22. The SMILES string of the molecule is O=C(NCC(=O)N1CC[NH+](Cc2ccccc2)CC1)c1ccc(N2CCCC2=O)cc1. The fourth-order valence-electron chi connectivity index (χ4n) is 4.22. The predicted molar refractivity (Wildman–Crippen MR) is 118 cm³/mol. The molecule has 3 amide bonds. The minimum absolute atomic E-state index is 0.000779. The number of rotatable bonds is 6. The number of nitrogens with one attached hydrogen (secondary N) is 2. The third kappa shape index (κ3) is 5.30. The lowest BCUT2D eigenvalue weighted by Gasteiger charge is -2.32. The van der Waals surface area contributed by atoms with E-state index in [4.69, 9.17) is 0 Å². The van der Waals surface area contributed by atoms with Crippen molar-refractivity contribution in [2.24, 2.45) is 0 Å². The van der Waals surface area contributed by atoms with Crippen molar-refractivity contribution in [3.05, 3.63) is 65.7 Å². The average molecular weight is 422 g/mol. The van der Waals surface area contributed by atoms with E-state index < -0.39 is 0 Å². The number of carbonyl (C=O) groups is 3. The highest BCUT2D eigenvalue weighted by atomic mass is 16.2. The van der Waals surface area contributed by atoms with E-state index in [1.165, 1.54) is 10.5 Å². The number of quaternary nitrogens is 1. The number of amides is 3. The molecule has 2 N–H and O–H groups in total. The first kappa shape index (κ1) is 21.1. The lowest BCUT2D eigenvalue weighted by atomic mass is 10.2. The zero-order valence-corrected chi connectivity index (χ0v) is 17.7. The van der Waals surface area contributed by atoms with Crippen LogP contribution in [0.1, 0.15) is 28.8 Å². The van der Waals surface area contributed by atoms with Gasteiger partial charge in [-0.25, -0.2) is 0 Å². The molecule has 0 saturated carbocycles. The molecule has 0 spiro atoms. The van der Waals surface area contributed by atoms with Gasteiger partial charge in [0.1, 0.15) is 6.54 Å². The minimum Gasteiger partial charge on any atom is -0.343 e. The van der Waals surface area contributed by atoms with Gasteiger partial charge in [0.25, 0.3) is 5.91 Å². The van der Waals surface area contributed by atoms with Gasteiger partial charge in [-0.05, 0) is 30.7 Å². The number of carbonyl (C=O) groups excluding carboxylic acids is 3. The normalized spacial score (nSPS) is 17.1. The van der Waals surface area contributed by atoms with Crippen molar-refractivity contribution >= 4 is 23.4 Å². The van der Waals surface area contributed by atoms with Gasteiger partial charge >= 0.3 is 0 Å². The summed E-state index contributed by atoms with van der Waals surface area (Å²) in [5.41, 5.74) is 2.61. The number of anilines is 1. The number of benzene rings is 2. The van der Waals surface area contributed by atoms with Crippen LogP contribution in [0.5, 0.6) is 0 Å². The number of hydrogen-bond donors (Lipinski definition) is 2. The molecule has 0 aromatic heterocycles. The van der Waals surface area contributed by atoms with Crippen LogP contribution in [0.15, 0.2) is 54.6 Å². The first-order valence-corrected chi connectivity index (χ1v) is 10.9. The fraction of sp³-hybridized carbons (Fsp3) is 0.375. The van der Waals surface area contributed by atoms with Crippen molar-refractivity contribution in [2.45, 2.75) is 19.4 Å². The van der Waals surface area contributed by atoms with Crippen LogP contribution in [0.3, 0.4) is 0 Å². The molecule has 4 rings (SSSR count). The maximum atomic E-state index is 12.5. The zero-order chi connectivity index (χ0) is 21.6. The molecule has 31 heavy (non-hydrogen) atoms. The standard InChI is InChI=1S/C24H28N4O3/c29-22-7-4-12-28(22)21-10-8-20(9-11-21)24(31)25-17-23(30)27-15-13-26(14-16-27)18-19-5-2-1-3-6-19/h1-3,5-6,8-11H,4,7,12-18H2,(H,25,31)/p+1. The first-order chi connectivity index (χ1) is 15.1. The zero-order valence-electron chi connectivity index (χ0n) is 17.7. The van der Waals surface area contributed by atoms with E-state index in [0.717, 1.165) is 38.3 Å². The maximum absolute atomic E-state index is 12.5. The molecule has 0 atom stereocenters. The van der Waals surface area contributed by atoms with E-state index in [-0.39, 0.29) is 24.3 Å². The molecule has 7 heteroatoms. The van der Waals surface area contributed by atoms with Gasteiger partial charge in [-0.1, -0.05) is 30.3 Å². The third-order valence-electron chi connectivity index (χ3n) is 6.03. The van der Waals surface area contributed by atoms with E-state index in [1.54, 1.807) is 29.2 Å². The smallest absolute Gasteiger partial charge is 0.251 e. The lowest BCUT2D eigenvalue weighted by Crippen LogP contribution is -3.13. The van der Waals surface area contributed by atoms with Crippen LogP contribution in [0.25, 0.3) is 0 Å². The van der Waals surface area contributed by atoms with Gasteiger partial charge in [0.2, 0.25) is 11.8 Å². The number of piperazine rings is 1. The molecular formula is C24H29N4O3+. The monoisotopic (exact) mass is 421 g/mol. The van der Waals surface area contributed by atoms with Crippen LogP contribution in [-0.2, 0) is 16.1 Å². The molecule has 0 aliphatic carbocycles. The van der Waals surface area contributed by atoms with E-state index in [0.29, 0.717) is 25.1 Å². The van der Waals surface area contributed by atoms with Crippen molar-refractivity contribution in [2.75, 3.05) is 44.2 Å². The van der Waals surface area contributed by atoms with Gasteiger partial charge in [-0.3, -0.25) is 14.4 Å². The molecule has 162 valence electrons. The molecule has 2 aromatic carbocycles. The molecule has 7 nitrogen and oxygen atoms in total. The van der Waals surface area contributed by atoms with E-state index in [1.807, 2.05) is 11.0 Å². The van der Waals surface area contributed by atoms with E-state index >= 15 is 0 Å². The Morgan fingerprint density at radius 2 is 1.65 bits per heavy atom. The van der Waals surface area contributed by atoms with Crippen LogP contribution < -0.4 is 15.1 Å². The largest absolute Gasteiger partial charge is 0.343 e. The minimum atomic E-state index is -0.277. The van der Waals surface area contributed by atoms with Crippen LogP contribution in [0.4, 0.5) is 5.69 Å². The molecule has 0 radical (unpaired) electrons. The molecule has 0 bridgehead atoms. The van der Waals surface area contributed by atoms with Crippen molar-refractivity contribution < 1.29 is 19.3 Å². The van der Waals surface area contributed by atoms with Gasteiger partial charge in [-0.2, -0.15) is 0 Å². The molecule has 2 aliphatic rings. The second kappa shape index (κ2) is 9.75. The Kier molecular flexibility index (Phi) is 6.62. The van der Waals surface area contributed by atoms with Crippen LogP contribution >= 0.6 is 0 Å².